The Morgan fingerprint density at radius 2 is 2.32 bits per heavy atom. The van der Waals surface area contributed by atoms with Gasteiger partial charge in [0, 0.05) is 0 Å². The summed E-state index contributed by atoms with van der Waals surface area (Å²) in [4.78, 5) is 15.5. The van der Waals surface area contributed by atoms with Crippen molar-refractivity contribution in [3.8, 4) is 0 Å². The molecule has 1 aromatic rings. The van der Waals surface area contributed by atoms with Crippen molar-refractivity contribution >= 4 is 12.0 Å². The van der Waals surface area contributed by atoms with Crippen molar-refractivity contribution in [1.82, 2.24) is 4.98 Å². The third kappa shape index (κ3) is 3.70. The van der Waals surface area contributed by atoms with Crippen LogP contribution in [-0.2, 0) is 4.74 Å². The monoisotopic (exact) mass is 268 g/mol. The van der Waals surface area contributed by atoms with Gasteiger partial charge in [0.15, 0.2) is 5.69 Å². The van der Waals surface area contributed by atoms with Crippen LogP contribution in [0.15, 0.2) is 10.7 Å². The average Bonchev–Trinajstić information content (AvgIpc) is 2.76. The van der Waals surface area contributed by atoms with Crippen LogP contribution >= 0.6 is 0 Å². The van der Waals surface area contributed by atoms with E-state index in [4.69, 9.17) is 9.15 Å². The zero-order chi connectivity index (χ0) is 13.7. The lowest BCUT2D eigenvalue weighted by Gasteiger charge is -2.20. The predicted molar refractivity (Wildman–Crippen MR) is 69.0 cm³/mol. The zero-order valence-corrected chi connectivity index (χ0v) is 11.1. The number of aliphatic hydroxyl groups is 1. The molecule has 0 aliphatic heterocycles. The van der Waals surface area contributed by atoms with Crippen molar-refractivity contribution in [2.24, 2.45) is 0 Å². The van der Waals surface area contributed by atoms with Gasteiger partial charge in [-0.2, -0.15) is 4.98 Å². The number of hydrogen-bond donors (Lipinski definition) is 2. The van der Waals surface area contributed by atoms with Gasteiger partial charge in [0.25, 0.3) is 6.01 Å². The van der Waals surface area contributed by atoms with E-state index in [9.17, 15) is 9.90 Å². The molecule has 106 valence electrons. The summed E-state index contributed by atoms with van der Waals surface area (Å²) in [5.74, 6) is -0.499. The molecule has 0 aromatic carbocycles. The molecular weight excluding hydrogens is 248 g/mol. The first-order valence-electron chi connectivity index (χ1n) is 6.78. The van der Waals surface area contributed by atoms with Gasteiger partial charge in [-0.1, -0.05) is 19.3 Å². The number of rotatable bonds is 4. The first-order chi connectivity index (χ1) is 9.20. The van der Waals surface area contributed by atoms with Gasteiger partial charge < -0.3 is 19.6 Å². The van der Waals surface area contributed by atoms with Crippen molar-refractivity contribution in [3.63, 3.8) is 0 Å². The van der Waals surface area contributed by atoms with Crippen molar-refractivity contribution in [3.05, 3.63) is 12.0 Å². The predicted octanol–water partition coefficient (Wildman–Crippen LogP) is 1.96. The third-order valence-corrected chi connectivity index (χ3v) is 3.28. The maximum absolute atomic E-state index is 11.4. The summed E-state index contributed by atoms with van der Waals surface area (Å²) in [5, 5.41) is 13.0. The highest BCUT2D eigenvalue weighted by Crippen LogP contribution is 2.21. The van der Waals surface area contributed by atoms with Gasteiger partial charge in [-0.3, -0.25) is 0 Å². The minimum absolute atomic E-state index is 0.0730. The highest BCUT2D eigenvalue weighted by molar-refractivity contribution is 5.87. The molecule has 1 aliphatic carbocycles. The molecule has 0 saturated heterocycles. The topological polar surface area (TPSA) is 84.6 Å². The number of ether oxygens (including phenoxy) is 1. The fourth-order valence-corrected chi connectivity index (χ4v) is 2.25. The molecule has 2 N–H and O–H groups in total. The van der Waals surface area contributed by atoms with Crippen LogP contribution in [0.3, 0.4) is 0 Å². The van der Waals surface area contributed by atoms with Gasteiger partial charge in [-0.25, -0.2) is 4.79 Å². The first kappa shape index (κ1) is 13.9. The van der Waals surface area contributed by atoms with E-state index in [0.717, 1.165) is 32.1 Å². The van der Waals surface area contributed by atoms with Crippen molar-refractivity contribution < 1.29 is 19.1 Å². The summed E-state index contributed by atoms with van der Waals surface area (Å²) >= 11 is 0. The quantitative estimate of drug-likeness (QED) is 0.641. The summed E-state index contributed by atoms with van der Waals surface area (Å²) in [7, 11) is 0. The van der Waals surface area contributed by atoms with Gasteiger partial charge in [0.2, 0.25) is 0 Å². The molecule has 1 aliphatic rings. The summed E-state index contributed by atoms with van der Waals surface area (Å²) in [6, 6.07) is 0.185. The van der Waals surface area contributed by atoms with E-state index in [2.05, 4.69) is 10.3 Å². The first-order valence-corrected chi connectivity index (χ1v) is 6.78. The fourth-order valence-electron chi connectivity index (χ4n) is 2.25. The summed E-state index contributed by atoms with van der Waals surface area (Å²) in [5.41, 5.74) is 0.146. The van der Waals surface area contributed by atoms with Crippen molar-refractivity contribution in [1.29, 1.82) is 0 Å². The number of carbonyl (C=O) groups excluding carboxylic acids is 1. The Hall–Kier alpha value is -1.56. The van der Waals surface area contributed by atoms with E-state index in [-0.39, 0.29) is 17.8 Å². The van der Waals surface area contributed by atoms with E-state index < -0.39 is 12.1 Å². The van der Waals surface area contributed by atoms with Crippen molar-refractivity contribution in [2.75, 3.05) is 11.9 Å². The van der Waals surface area contributed by atoms with Crippen LogP contribution in [0.1, 0.15) is 49.5 Å². The maximum Gasteiger partial charge on any atom is 0.360 e. The molecule has 1 aromatic heterocycles. The number of esters is 1. The third-order valence-electron chi connectivity index (χ3n) is 3.28. The number of anilines is 1. The zero-order valence-electron chi connectivity index (χ0n) is 11.1. The molecule has 0 radical (unpaired) electrons. The fraction of sp³-hybridized carbons (Fsp3) is 0.692. The highest BCUT2D eigenvalue weighted by atomic mass is 16.5. The van der Waals surface area contributed by atoms with E-state index in [1.165, 1.54) is 6.26 Å². The lowest BCUT2D eigenvalue weighted by molar-refractivity contribution is 0.0519. The summed E-state index contributed by atoms with van der Waals surface area (Å²) < 4.78 is 10.0. The standard InChI is InChI=1S/C13H20N2O4/c1-2-18-12(17)10-8-19-13(15-10)14-9-6-4-3-5-7-11(9)16/h8-9,11,16H,2-7H2,1H3,(H,14,15). The minimum atomic E-state index is -0.499. The summed E-state index contributed by atoms with van der Waals surface area (Å²) in [6.07, 6.45) is 5.76. The molecule has 0 amide bonds. The largest absolute Gasteiger partial charge is 0.461 e. The van der Waals surface area contributed by atoms with Crippen LogP contribution in [0, 0.1) is 0 Å². The highest BCUT2D eigenvalue weighted by Gasteiger charge is 2.23. The van der Waals surface area contributed by atoms with Crippen LogP contribution < -0.4 is 5.32 Å². The number of aromatic nitrogens is 1. The average molecular weight is 268 g/mol. The minimum Gasteiger partial charge on any atom is -0.461 e. The molecule has 1 fully saturated rings. The van der Waals surface area contributed by atoms with Crippen LogP contribution in [-0.4, -0.2) is 34.8 Å². The lowest BCUT2D eigenvalue weighted by Crippen LogP contribution is -2.32. The van der Waals surface area contributed by atoms with Crippen LogP contribution in [0.4, 0.5) is 6.01 Å². The van der Waals surface area contributed by atoms with E-state index in [0.29, 0.717) is 6.61 Å². The maximum atomic E-state index is 11.4. The molecule has 6 nitrogen and oxygen atoms in total. The second kappa shape index (κ2) is 6.56. The van der Waals surface area contributed by atoms with Crippen LogP contribution in [0.2, 0.25) is 0 Å². The van der Waals surface area contributed by atoms with Crippen LogP contribution in [0.5, 0.6) is 0 Å². The summed E-state index contributed by atoms with van der Waals surface area (Å²) in [6.45, 7) is 2.04. The van der Waals surface area contributed by atoms with Crippen LogP contribution in [0.25, 0.3) is 0 Å². The molecule has 0 spiro atoms. The smallest absolute Gasteiger partial charge is 0.360 e. The second-order valence-electron chi connectivity index (χ2n) is 4.71. The Morgan fingerprint density at radius 1 is 1.53 bits per heavy atom. The second-order valence-corrected chi connectivity index (χ2v) is 4.71. The van der Waals surface area contributed by atoms with Gasteiger partial charge in [-0.15, -0.1) is 0 Å². The number of nitrogens with zero attached hydrogens (tertiary/aromatic N) is 1. The Kier molecular flexibility index (Phi) is 4.79. The normalized spacial score (nSPS) is 23.7. The number of oxazole rings is 1. The van der Waals surface area contributed by atoms with Gasteiger partial charge in [0.05, 0.1) is 18.8 Å². The van der Waals surface area contributed by atoms with Gasteiger partial charge in [0.1, 0.15) is 6.26 Å². The molecule has 1 saturated carbocycles. The van der Waals surface area contributed by atoms with E-state index in [1.807, 2.05) is 0 Å². The molecule has 2 unspecified atom stereocenters. The Balaban J connectivity index is 1.96. The number of hydrogen-bond acceptors (Lipinski definition) is 6. The van der Waals surface area contributed by atoms with E-state index >= 15 is 0 Å². The van der Waals surface area contributed by atoms with E-state index in [1.54, 1.807) is 6.92 Å². The SMILES string of the molecule is CCOC(=O)c1coc(NC2CCCCCC2O)n1. The number of aliphatic hydroxyl groups excluding tert-OH is 1. The molecule has 2 rings (SSSR count). The molecule has 6 heteroatoms. The Morgan fingerprint density at radius 3 is 3.11 bits per heavy atom. The lowest BCUT2D eigenvalue weighted by atomic mass is 10.1. The van der Waals surface area contributed by atoms with Gasteiger partial charge >= 0.3 is 5.97 Å². The molecule has 0 bridgehead atoms. The Bertz CT molecular complexity index is 419. The number of nitrogens with one attached hydrogen (secondary N) is 1. The molecule has 19 heavy (non-hydrogen) atoms. The Labute approximate surface area is 112 Å². The van der Waals surface area contributed by atoms with Gasteiger partial charge in [-0.05, 0) is 19.8 Å². The number of carbonyl (C=O) groups is 1. The molecule has 2 atom stereocenters. The van der Waals surface area contributed by atoms with Crippen molar-refractivity contribution in [2.45, 2.75) is 51.2 Å². The molecule has 1 heterocycles. The molecular formula is C13H20N2O4.